The van der Waals surface area contributed by atoms with E-state index in [1.54, 1.807) is 18.4 Å². The van der Waals surface area contributed by atoms with Crippen LogP contribution in [0.25, 0.3) is 0 Å². The molecule has 0 unspecified atom stereocenters. The largest absolute Gasteiger partial charge is 0.336 e. The number of likely N-dealkylation sites (N-methyl/N-ethyl adjacent to an activating group) is 1. The SMILES string of the molecule is Cc1cc(C(=O)CN2CCN(C)C(=O)C2=O)c(C)s1. The van der Waals surface area contributed by atoms with Gasteiger partial charge in [0.15, 0.2) is 5.78 Å². The first-order valence-corrected chi connectivity index (χ1v) is 6.86. The summed E-state index contributed by atoms with van der Waals surface area (Å²) in [5, 5.41) is 0. The van der Waals surface area contributed by atoms with Gasteiger partial charge in [-0.05, 0) is 19.9 Å². The van der Waals surface area contributed by atoms with Crippen LogP contribution in [0.1, 0.15) is 20.1 Å². The number of aryl methyl sites for hydroxylation is 2. The summed E-state index contributed by atoms with van der Waals surface area (Å²) in [6, 6.07) is 1.84. The van der Waals surface area contributed by atoms with Gasteiger partial charge in [0.2, 0.25) is 0 Å². The van der Waals surface area contributed by atoms with Gasteiger partial charge in [-0.25, -0.2) is 0 Å². The van der Waals surface area contributed by atoms with Crippen LogP contribution in [0, 0.1) is 13.8 Å². The minimum Gasteiger partial charge on any atom is -0.336 e. The van der Waals surface area contributed by atoms with Crippen molar-refractivity contribution in [2.45, 2.75) is 13.8 Å². The minimum absolute atomic E-state index is 0.0184. The molecule has 6 heteroatoms. The second-order valence-electron chi connectivity index (χ2n) is 4.70. The molecule has 0 radical (unpaired) electrons. The van der Waals surface area contributed by atoms with Crippen LogP contribution in [0.5, 0.6) is 0 Å². The Balaban J connectivity index is 2.09. The Bertz CT molecular complexity index is 550. The van der Waals surface area contributed by atoms with Gasteiger partial charge >= 0.3 is 11.8 Å². The van der Waals surface area contributed by atoms with Crippen LogP contribution in [0.2, 0.25) is 0 Å². The maximum Gasteiger partial charge on any atom is 0.312 e. The van der Waals surface area contributed by atoms with E-state index in [-0.39, 0.29) is 12.3 Å². The van der Waals surface area contributed by atoms with E-state index in [0.29, 0.717) is 18.7 Å². The Kier molecular flexibility index (Phi) is 3.71. The van der Waals surface area contributed by atoms with Gasteiger partial charge in [-0.3, -0.25) is 14.4 Å². The summed E-state index contributed by atoms with van der Waals surface area (Å²) < 4.78 is 0. The quantitative estimate of drug-likeness (QED) is 0.609. The highest BCUT2D eigenvalue weighted by molar-refractivity contribution is 7.12. The van der Waals surface area contributed by atoms with E-state index in [2.05, 4.69) is 0 Å². The van der Waals surface area contributed by atoms with Gasteiger partial charge in [-0.15, -0.1) is 11.3 Å². The average Bonchev–Trinajstić information content (AvgIpc) is 2.69. The fourth-order valence-corrected chi connectivity index (χ4v) is 3.03. The van der Waals surface area contributed by atoms with Gasteiger partial charge in [0.05, 0.1) is 6.54 Å². The molecule has 1 fully saturated rings. The zero-order valence-electron chi connectivity index (χ0n) is 11.2. The topological polar surface area (TPSA) is 57.7 Å². The molecule has 1 aliphatic heterocycles. The predicted octanol–water partition coefficient (Wildman–Crippen LogP) is 0.848. The summed E-state index contributed by atoms with van der Waals surface area (Å²) >= 11 is 1.56. The molecule has 0 atom stereocenters. The Hall–Kier alpha value is -1.69. The van der Waals surface area contributed by atoms with Crippen LogP contribution in [0.15, 0.2) is 6.07 Å². The smallest absolute Gasteiger partial charge is 0.312 e. The average molecular weight is 280 g/mol. The monoisotopic (exact) mass is 280 g/mol. The Labute approximate surface area is 115 Å². The standard InChI is InChI=1S/C13H16N2O3S/c1-8-6-10(9(2)19-8)11(16)7-15-5-4-14(3)12(17)13(15)18/h6H,4-5,7H2,1-3H3. The van der Waals surface area contributed by atoms with Crippen LogP contribution in [0.3, 0.4) is 0 Å². The van der Waals surface area contributed by atoms with Gasteiger partial charge in [0.1, 0.15) is 0 Å². The van der Waals surface area contributed by atoms with Crippen molar-refractivity contribution in [1.82, 2.24) is 9.80 Å². The highest BCUT2D eigenvalue weighted by Crippen LogP contribution is 2.21. The molecule has 0 bridgehead atoms. The first-order chi connectivity index (χ1) is 8.90. The van der Waals surface area contributed by atoms with Crippen LogP contribution in [-0.2, 0) is 9.59 Å². The number of rotatable bonds is 3. The van der Waals surface area contributed by atoms with Gasteiger partial charge < -0.3 is 9.80 Å². The molecule has 102 valence electrons. The second kappa shape index (κ2) is 5.13. The first-order valence-electron chi connectivity index (χ1n) is 6.04. The molecule has 0 spiro atoms. The van der Waals surface area contributed by atoms with Crippen LogP contribution >= 0.6 is 11.3 Å². The van der Waals surface area contributed by atoms with Crippen molar-refractivity contribution in [2.24, 2.45) is 0 Å². The summed E-state index contributed by atoms with van der Waals surface area (Å²) in [5.74, 6) is -1.24. The van der Waals surface area contributed by atoms with Crippen LogP contribution in [-0.4, -0.2) is 54.1 Å². The molecule has 5 nitrogen and oxygen atoms in total. The van der Waals surface area contributed by atoms with Gasteiger partial charge in [-0.1, -0.05) is 0 Å². The van der Waals surface area contributed by atoms with E-state index in [9.17, 15) is 14.4 Å². The zero-order valence-corrected chi connectivity index (χ0v) is 12.0. The number of piperazine rings is 1. The van der Waals surface area contributed by atoms with Crippen molar-refractivity contribution in [3.8, 4) is 0 Å². The number of nitrogens with zero attached hydrogens (tertiary/aromatic N) is 2. The molecule has 2 heterocycles. The third-order valence-corrected chi connectivity index (χ3v) is 4.16. The number of carbonyl (C=O) groups is 3. The molecular weight excluding hydrogens is 264 g/mol. The van der Waals surface area contributed by atoms with Crippen LogP contribution < -0.4 is 0 Å². The third kappa shape index (κ3) is 2.68. The van der Waals surface area contributed by atoms with Crippen molar-refractivity contribution in [3.63, 3.8) is 0 Å². The summed E-state index contributed by atoms with van der Waals surface area (Å²) in [6.45, 7) is 4.70. The Morgan fingerprint density at radius 3 is 2.53 bits per heavy atom. The number of ketones is 1. The molecule has 1 saturated heterocycles. The molecule has 0 aliphatic carbocycles. The highest BCUT2D eigenvalue weighted by Gasteiger charge is 2.31. The molecule has 0 aromatic carbocycles. The lowest BCUT2D eigenvalue weighted by Gasteiger charge is -2.30. The van der Waals surface area contributed by atoms with Gasteiger partial charge in [-0.2, -0.15) is 0 Å². The first kappa shape index (κ1) is 13.7. The maximum absolute atomic E-state index is 12.2. The van der Waals surface area contributed by atoms with E-state index in [1.165, 1.54) is 9.80 Å². The van der Waals surface area contributed by atoms with Crippen molar-refractivity contribution >= 4 is 28.9 Å². The Morgan fingerprint density at radius 1 is 1.26 bits per heavy atom. The number of amides is 2. The van der Waals surface area contributed by atoms with Crippen LogP contribution in [0.4, 0.5) is 0 Å². The van der Waals surface area contributed by atoms with Gasteiger partial charge in [0, 0.05) is 35.5 Å². The predicted molar refractivity (Wildman–Crippen MR) is 72.3 cm³/mol. The molecule has 1 aromatic heterocycles. The number of hydrogen-bond donors (Lipinski definition) is 0. The van der Waals surface area contributed by atoms with E-state index in [0.717, 1.165) is 9.75 Å². The number of carbonyl (C=O) groups excluding carboxylic acids is 3. The molecule has 1 aromatic rings. The fraction of sp³-hybridized carbons (Fsp3) is 0.462. The summed E-state index contributed by atoms with van der Waals surface area (Å²) in [5.41, 5.74) is 0.654. The normalized spacial score (nSPS) is 16.2. The molecule has 0 saturated carbocycles. The molecule has 2 amide bonds. The lowest BCUT2D eigenvalue weighted by atomic mass is 10.1. The zero-order chi connectivity index (χ0) is 14.2. The summed E-state index contributed by atoms with van der Waals surface area (Å²) in [4.78, 5) is 40.2. The minimum atomic E-state index is -0.591. The van der Waals surface area contributed by atoms with Crippen molar-refractivity contribution in [2.75, 3.05) is 26.7 Å². The molecule has 1 aliphatic rings. The summed E-state index contributed by atoms with van der Waals surface area (Å²) in [7, 11) is 1.59. The summed E-state index contributed by atoms with van der Waals surface area (Å²) in [6.07, 6.45) is 0. The second-order valence-corrected chi connectivity index (χ2v) is 6.16. The third-order valence-electron chi connectivity index (χ3n) is 3.20. The van der Waals surface area contributed by atoms with Crippen molar-refractivity contribution in [3.05, 3.63) is 21.4 Å². The number of thiophene rings is 1. The lowest BCUT2D eigenvalue weighted by molar-refractivity contribution is -0.154. The lowest BCUT2D eigenvalue weighted by Crippen LogP contribution is -2.54. The number of hydrogen-bond acceptors (Lipinski definition) is 4. The number of Topliss-reactive ketones (excluding diaryl/α,β-unsaturated/α-hetero) is 1. The van der Waals surface area contributed by atoms with E-state index < -0.39 is 11.8 Å². The fourth-order valence-electron chi connectivity index (χ4n) is 2.09. The molecule has 0 N–H and O–H groups in total. The van der Waals surface area contributed by atoms with Crippen molar-refractivity contribution < 1.29 is 14.4 Å². The van der Waals surface area contributed by atoms with Crippen molar-refractivity contribution in [1.29, 1.82) is 0 Å². The molecule has 2 rings (SSSR count). The maximum atomic E-state index is 12.2. The van der Waals surface area contributed by atoms with E-state index in [1.807, 2.05) is 19.9 Å². The molecular formula is C13H16N2O3S. The van der Waals surface area contributed by atoms with E-state index in [4.69, 9.17) is 0 Å². The molecule has 19 heavy (non-hydrogen) atoms. The highest BCUT2D eigenvalue weighted by atomic mass is 32.1. The van der Waals surface area contributed by atoms with Gasteiger partial charge in [0.25, 0.3) is 0 Å². The van der Waals surface area contributed by atoms with E-state index >= 15 is 0 Å². The Morgan fingerprint density at radius 2 is 1.95 bits per heavy atom.